The number of hydrogen-bond acceptors (Lipinski definition) is 1. The fourth-order valence-corrected chi connectivity index (χ4v) is 3.16. The summed E-state index contributed by atoms with van der Waals surface area (Å²) in [6.45, 7) is 4.21. The van der Waals surface area contributed by atoms with Crippen LogP contribution in [-0.4, -0.2) is 9.55 Å². The first-order valence-electron chi connectivity index (χ1n) is 7.00. The normalized spacial score (nSPS) is 12.7. The van der Waals surface area contributed by atoms with E-state index in [0.29, 0.717) is 0 Å². The van der Waals surface area contributed by atoms with Crippen LogP contribution in [-0.2, 0) is 6.42 Å². The molecule has 4 heteroatoms. The lowest BCUT2D eigenvalue weighted by atomic mass is 10.1. The Labute approximate surface area is 128 Å². The number of nitrogens with one attached hydrogen (secondary N) is 1. The van der Waals surface area contributed by atoms with Gasteiger partial charge in [0.15, 0.2) is 4.77 Å². The average molecular weight is 300 g/mol. The molecule has 0 saturated heterocycles. The number of imidazole rings is 1. The summed E-state index contributed by atoms with van der Waals surface area (Å²) >= 11 is 5.47. The number of H-pyrrole nitrogens is 1. The van der Waals surface area contributed by atoms with Gasteiger partial charge in [0.2, 0.25) is 0 Å². The SMILES string of the molecule is Cc1cccc2c1[nH]c(=S)n2C(C)Cc1ccc(F)cc1. The van der Waals surface area contributed by atoms with Gasteiger partial charge in [-0.2, -0.15) is 0 Å². The van der Waals surface area contributed by atoms with Crippen LogP contribution in [0.3, 0.4) is 0 Å². The molecule has 1 N–H and O–H groups in total. The summed E-state index contributed by atoms with van der Waals surface area (Å²) in [5.74, 6) is -0.203. The Morgan fingerprint density at radius 1 is 1.19 bits per heavy atom. The maximum Gasteiger partial charge on any atom is 0.178 e. The van der Waals surface area contributed by atoms with Gasteiger partial charge in [-0.25, -0.2) is 4.39 Å². The third-order valence-corrected chi connectivity index (χ3v) is 4.14. The summed E-state index contributed by atoms with van der Waals surface area (Å²) < 4.78 is 15.9. The molecule has 0 fully saturated rings. The summed E-state index contributed by atoms with van der Waals surface area (Å²) in [4.78, 5) is 3.29. The minimum Gasteiger partial charge on any atom is -0.330 e. The molecule has 1 atom stereocenters. The lowest BCUT2D eigenvalue weighted by Gasteiger charge is -2.15. The Morgan fingerprint density at radius 3 is 2.62 bits per heavy atom. The van der Waals surface area contributed by atoms with Gasteiger partial charge >= 0.3 is 0 Å². The van der Waals surface area contributed by atoms with E-state index in [1.54, 1.807) is 0 Å². The van der Waals surface area contributed by atoms with Crippen LogP contribution in [0.25, 0.3) is 11.0 Å². The van der Waals surface area contributed by atoms with Crippen molar-refractivity contribution in [2.45, 2.75) is 26.3 Å². The van der Waals surface area contributed by atoms with Crippen LogP contribution >= 0.6 is 12.2 Å². The molecule has 1 heterocycles. The second-order valence-electron chi connectivity index (χ2n) is 5.45. The highest BCUT2D eigenvalue weighted by molar-refractivity contribution is 7.71. The van der Waals surface area contributed by atoms with Gasteiger partial charge in [-0.05, 0) is 61.8 Å². The Kier molecular flexibility index (Phi) is 3.64. The van der Waals surface area contributed by atoms with Crippen molar-refractivity contribution in [1.82, 2.24) is 9.55 Å². The van der Waals surface area contributed by atoms with E-state index >= 15 is 0 Å². The van der Waals surface area contributed by atoms with Gasteiger partial charge in [0.1, 0.15) is 5.82 Å². The molecule has 0 spiro atoms. The van der Waals surface area contributed by atoms with Crippen molar-refractivity contribution >= 4 is 23.3 Å². The zero-order valence-electron chi connectivity index (χ0n) is 12.1. The van der Waals surface area contributed by atoms with Crippen molar-refractivity contribution in [1.29, 1.82) is 0 Å². The van der Waals surface area contributed by atoms with Crippen molar-refractivity contribution in [2.75, 3.05) is 0 Å². The molecule has 2 aromatic carbocycles. The van der Waals surface area contributed by atoms with Crippen molar-refractivity contribution in [3.05, 3.63) is 64.2 Å². The molecule has 0 radical (unpaired) electrons. The summed E-state index contributed by atoms with van der Waals surface area (Å²) in [7, 11) is 0. The van der Waals surface area contributed by atoms with Crippen molar-refractivity contribution in [3.63, 3.8) is 0 Å². The number of halogens is 1. The van der Waals surface area contributed by atoms with E-state index in [0.717, 1.165) is 27.8 Å². The monoisotopic (exact) mass is 300 g/mol. The number of aromatic nitrogens is 2. The van der Waals surface area contributed by atoms with Crippen molar-refractivity contribution < 1.29 is 4.39 Å². The summed E-state index contributed by atoms with van der Waals surface area (Å²) in [6, 6.07) is 13.1. The Morgan fingerprint density at radius 2 is 1.90 bits per heavy atom. The molecule has 1 unspecified atom stereocenters. The Bertz CT molecular complexity index is 830. The maximum atomic E-state index is 13.0. The molecule has 0 aliphatic carbocycles. The highest BCUT2D eigenvalue weighted by Crippen LogP contribution is 2.24. The molecule has 21 heavy (non-hydrogen) atoms. The summed E-state index contributed by atoms with van der Waals surface area (Å²) in [5, 5.41) is 0. The number of aryl methyl sites for hydroxylation is 1. The lowest BCUT2D eigenvalue weighted by Crippen LogP contribution is -2.08. The quantitative estimate of drug-likeness (QED) is 0.679. The topological polar surface area (TPSA) is 20.7 Å². The van der Waals surface area contributed by atoms with Crippen LogP contribution < -0.4 is 0 Å². The first-order valence-corrected chi connectivity index (χ1v) is 7.41. The van der Waals surface area contributed by atoms with Gasteiger partial charge in [-0.15, -0.1) is 0 Å². The van der Waals surface area contributed by atoms with E-state index in [2.05, 4.69) is 35.5 Å². The predicted molar refractivity (Wildman–Crippen MR) is 86.7 cm³/mol. The number of hydrogen-bond donors (Lipinski definition) is 1. The van der Waals surface area contributed by atoms with Crippen LogP contribution in [0.4, 0.5) is 4.39 Å². The molecule has 0 aliphatic rings. The smallest absolute Gasteiger partial charge is 0.178 e. The lowest BCUT2D eigenvalue weighted by molar-refractivity contribution is 0.551. The standard InChI is InChI=1S/C17H17FN2S/c1-11-4-3-5-15-16(11)19-17(21)20(15)12(2)10-13-6-8-14(18)9-7-13/h3-9,12H,10H2,1-2H3,(H,19,21). The molecule has 3 aromatic rings. The largest absolute Gasteiger partial charge is 0.330 e. The maximum absolute atomic E-state index is 13.0. The number of nitrogens with zero attached hydrogens (tertiary/aromatic N) is 1. The molecule has 0 bridgehead atoms. The van der Waals surface area contributed by atoms with Crippen LogP contribution in [0.5, 0.6) is 0 Å². The van der Waals surface area contributed by atoms with Crippen LogP contribution in [0.2, 0.25) is 0 Å². The van der Waals surface area contributed by atoms with Gasteiger partial charge in [-0.3, -0.25) is 0 Å². The van der Waals surface area contributed by atoms with Crippen LogP contribution in [0.15, 0.2) is 42.5 Å². The van der Waals surface area contributed by atoms with Gasteiger partial charge in [0.05, 0.1) is 11.0 Å². The van der Waals surface area contributed by atoms with Crippen LogP contribution in [0, 0.1) is 17.5 Å². The molecular weight excluding hydrogens is 283 g/mol. The van der Waals surface area contributed by atoms with Gasteiger partial charge in [-0.1, -0.05) is 24.3 Å². The van der Waals surface area contributed by atoms with Crippen molar-refractivity contribution in [3.8, 4) is 0 Å². The Balaban J connectivity index is 2.00. The molecule has 2 nitrogen and oxygen atoms in total. The molecule has 108 valence electrons. The minimum atomic E-state index is -0.203. The number of rotatable bonds is 3. The highest BCUT2D eigenvalue weighted by Gasteiger charge is 2.12. The fraction of sp³-hybridized carbons (Fsp3) is 0.235. The average Bonchev–Trinajstić information content (AvgIpc) is 2.79. The van der Waals surface area contributed by atoms with Crippen molar-refractivity contribution in [2.24, 2.45) is 0 Å². The van der Waals surface area contributed by atoms with Gasteiger partial charge in [0.25, 0.3) is 0 Å². The summed E-state index contributed by atoms with van der Waals surface area (Å²) in [6.07, 6.45) is 0.815. The zero-order chi connectivity index (χ0) is 15.0. The second-order valence-corrected chi connectivity index (χ2v) is 5.84. The molecule has 0 amide bonds. The fourth-order valence-electron chi connectivity index (χ4n) is 2.78. The zero-order valence-corrected chi connectivity index (χ0v) is 12.9. The number of benzene rings is 2. The molecule has 1 aromatic heterocycles. The van der Waals surface area contributed by atoms with Gasteiger partial charge in [0, 0.05) is 6.04 Å². The number of para-hydroxylation sites is 1. The molecule has 3 rings (SSSR count). The highest BCUT2D eigenvalue weighted by atomic mass is 32.1. The number of fused-ring (bicyclic) bond motifs is 1. The van der Waals surface area contributed by atoms with Gasteiger partial charge < -0.3 is 9.55 Å². The van der Waals surface area contributed by atoms with E-state index in [1.165, 1.54) is 17.7 Å². The second kappa shape index (κ2) is 5.45. The third kappa shape index (κ3) is 2.63. The molecular formula is C17H17FN2S. The summed E-state index contributed by atoms with van der Waals surface area (Å²) in [5.41, 5.74) is 4.50. The van der Waals surface area contributed by atoms with E-state index in [4.69, 9.17) is 12.2 Å². The number of aromatic amines is 1. The van der Waals surface area contributed by atoms with Crippen LogP contribution in [0.1, 0.15) is 24.1 Å². The predicted octanol–water partition coefficient (Wildman–Crippen LogP) is 4.95. The van der Waals surface area contributed by atoms with E-state index < -0.39 is 0 Å². The molecule has 0 aliphatic heterocycles. The van der Waals surface area contributed by atoms with E-state index in [-0.39, 0.29) is 11.9 Å². The minimum absolute atomic E-state index is 0.203. The third-order valence-electron chi connectivity index (χ3n) is 3.85. The first-order chi connectivity index (χ1) is 10.1. The van der Waals surface area contributed by atoms with E-state index in [9.17, 15) is 4.39 Å². The van der Waals surface area contributed by atoms with E-state index in [1.807, 2.05) is 18.2 Å². The molecule has 0 saturated carbocycles. The Hall–Kier alpha value is -1.94. The first kappa shape index (κ1) is 14.0.